The molecule has 0 unspecified atom stereocenters. The molecule has 1 aromatic carbocycles. The molecule has 0 aliphatic heterocycles. The summed E-state index contributed by atoms with van der Waals surface area (Å²) in [5.74, 6) is -0.323. The van der Waals surface area contributed by atoms with E-state index in [2.05, 4.69) is 16.5 Å². The highest BCUT2D eigenvalue weighted by Crippen LogP contribution is 2.21. The Hall–Kier alpha value is -2.30. The first-order chi connectivity index (χ1) is 9.67. The number of imidazole rings is 1. The van der Waals surface area contributed by atoms with E-state index in [9.17, 15) is 4.79 Å². The van der Waals surface area contributed by atoms with Crippen molar-refractivity contribution in [3.05, 3.63) is 48.0 Å². The molecule has 5 heteroatoms. The van der Waals surface area contributed by atoms with Crippen LogP contribution in [0.5, 0.6) is 0 Å². The second kappa shape index (κ2) is 6.23. The average Bonchev–Trinajstić information content (AvgIpc) is 2.93. The smallest absolute Gasteiger partial charge is 0.339 e. The molecule has 2 aromatic rings. The Morgan fingerprint density at radius 1 is 1.40 bits per heavy atom. The van der Waals surface area contributed by atoms with Crippen molar-refractivity contribution < 1.29 is 9.53 Å². The first-order valence-electron chi connectivity index (χ1n) is 6.54. The van der Waals surface area contributed by atoms with Crippen LogP contribution in [-0.4, -0.2) is 29.7 Å². The SMILES string of the molecule is CCn1cncc1CN(C)c1ccccc1C(=O)OC. The van der Waals surface area contributed by atoms with Crippen molar-refractivity contribution in [1.82, 2.24) is 9.55 Å². The van der Waals surface area contributed by atoms with Crippen molar-refractivity contribution >= 4 is 11.7 Å². The lowest BCUT2D eigenvalue weighted by atomic mass is 10.1. The third-order valence-electron chi connectivity index (χ3n) is 3.26. The Labute approximate surface area is 118 Å². The monoisotopic (exact) mass is 273 g/mol. The van der Waals surface area contributed by atoms with Crippen molar-refractivity contribution in [3.8, 4) is 0 Å². The van der Waals surface area contributed by atoms with Gasteiger partial charge >= 0.3 is 5.97 Å². The summed E-state index contributed by atoms with van der Waals surface area (Å²) in [5.41, 5.74) is 2.53. The highest BCUT2D eigenvalue weighted by molar-refractivity contribution is 5.95. The van der Waals surface area contributed by atoms with Crippen molar-refractivity contribution in [2.75, 3.05) is 19.1 Å². The molecule has 0 fully saturated rings. The van der Waals surface area contributed by atoms with Crippen molar-refractivity contribution in [2.45, 2.75) is 20.0 Å². The standard InChI is InChI=1S/C15H19N3O2/c1-4-18-11-16-9-12(18)10-17(2)14-8-6-5-7-13(14)15(19)20-3/h5-9,11H,4,10H2,1-3H3. The van der Waals surface area contributed by atoms with Crippen LogP contribution in [0.3, 0.4) is 0 Å². The maximum Gasteiger partial charge on any atom is 0.339 e. The lowest BCUT2D eigenvalue weighted by molar-refractivity contribution is 0.0601. The van der Waals surface area contributed by atoms with Crippen molar-refractivity contribution in [3.63, 3.8) is 0 Å². The molecule has 0 radical (unpaired) electrons. The molecule has 0 N–H and O–H groups in total. The minimum absolute atomic E-state index is 0.323. The summed E-state index contributed by atoms with van der Waals surface area (Å²) in [6.45, 7) is 3.64. The zero-order valence-electron chi connectivity index (χ0n) is 12.0. The number of para-hydroxylation sites is 1. The number of carbonyl (C=O) groups excluding carboxylic acids is 1. The second-order valence-corrected chi connectivity index (χ2v) is 4.54. The highest BCUT2D eigenvalue weighted by Gasteiger charge is 2.15. The predicted molar refractivity (Wildman–Crippen MR) is 77.8 cm³/mol. The van der Waals surface area contributed by atoms with Crippen molar-refractivity contribution in [1.29, 1.82) is 0 Å². The van der Waals surface area contributed by atoms with Crippen LogP contribution in [0.1, 0.15) is 23.0 Å². The summed E-state index contributed by atoms with van der Waals surface area (Å²) in [4.78, 5) is 18.0. The first kappa shape index (κ1) is 14.1. The van der Waals surface area contributed by atoms with Gasteiger partial charge in [0, 0.05) is 19.8 Å². The maximum absolute atomic E-state index is 11.8. The third kappa shape index (κ3) is 2.82. The summed E-state index contributed by atoms with van der Waals surface area (Å²) in [6.07, 6.45) is 3.66. The molecule has 0 bridgehead atoms. The molecule has 1 aromatic heterocycles. The van der Waals surface area contributed by atoms with E-state index in [4.69, 9.17) is 4.74 Å². The maximum atomic E-state index is 11.8. The lowest BCUT2D eigenvalue weighted by Gasteiger charge is -2.22. The minimum Gasteiger partial charge on any atom is -0.465 e. The topological polar surface area (TPSA) is 47.4 Å². The molecular formula is C15H19N3O2. The van der Waals surface area contributed by atoms with Crippen LogP contribution in [0.4, 0.5) is 5.69 Å². The van der Waals surface area contributed by atoms with Crippen LogP contribution in [0.2, 0.25) is 0 Å². The normalized spacial score (nSPS) is 10.3. The van der Waals surface area contributed by atoms with Gasteiger partial charge < -0.3 is 14.2 Å². The number of ether oxygens (including phenoxy) is 1. The molecule has 1 heterocycles. The Balaban J connectivity index is 2.25. The molecule has 0 aliphatic carbocycles. The Morgan fingerprint density at radius 2 is 2.15 bits per heavy atom. The number of aromatic nitrogens is 2. The Kier molecular flexibility index (Phi) is 4.40. The number of nitrogens with zero attached hydrogens (tertiary/aromatic N) is 3. The number of methoxy groups -OCH3 is 1. The van der Waals surface area contributed by atoms with Crippen LogP contribution in [0.25, 0.3) is 0 Å². The van der Waals surface area contributed by atoms with E-state index in [-0.39, 0.29) is 5.97 Å². The predicted octanol–water partition coefficient (Wildman–Crippen LogP) is 2.33. The van der Waals surface area contributed by atoms with Crippen LogP contribution in [0, 0.1) is 0 Å². The van der Waals surface area contributed by atoms with Gasteiger partial charge in [-0.15, -0.1) is 0 Å². The van der Waals surface area contributed by atoms with Crippen LogP contribution < -0.4 is 4.90 Å². The molecule has 0 saturated heterocycles. The van der Waals surface area contributed by atoms with E-state index in [0.717, 1.165) is 17.9 Å². The molecule has 106 valence electrons. The van der Waals surface area contributed by atoms with E-state index in [0.29, 0.717) is 12.1 Å². The summed E-state index contributed by atoms with van der Waals surface area (Å²) in [6, 6.07) is 7.43. The number of hydrogen-bond acceptors (Lipinski definition) is 4. The molecule has 0 spiro atoms. The average molecular weight is 273 g/mol. The van der Waals surface area contributed by atoms with E-state index < -0.39 is 0 Å². The molecule has 0 atom stereocenters. The number of hydrogen-bond donors (Lipinski definition) is 0. The van der Waals surface area contributed by atoms with E-state index in [1.807, 2.05) is 42.7 Å². The van der Waals surface area contributed by atoms with E-state index in [1.54, 1.807) is 6.07 Å². The van der Waals surface area contributed by atoms with Gasteiger partial charge in [0.2, 0.25) is 0 Å². The fourth-order valence-corrected chi connectivity index (χ4v) is 2.18. The zero-order valence-corrected chi connectivity index (χ0v) is 12.0. The van der Waals surface area contributed by atoms with Crippen LogP contribution in [-0.2, 0) is 17.8 Å². The number of anilines is 1. The summed E-state index contributed by atoms with van der Waals surface area (Å²) in [7, 11) is 3.35. The van der Waals surface area contributed by atoms with Crippen molar-refractivity contribution in [2.24, 2.45) is 0 Å². The minimum atomic E-state index is -0.323. The summed E-state index contributed by atoms with van der Waals surface area (Å²) >= 11 is 0. The summed E-state index contributed by atoms with van der Waals surface area (Å²) < 4.78 is 6.90. The van der Waals surface area contributed by atoms with Gasteiger partial charge in [-0.3, -0.25) is 0 Å². The highest BCUT2D eigenvalue weighted by atomic mass is 16.5. The van der Waals surface area contributed by atoms with Gasteiger partial charge in [-0.1, -0.05) is 12.1 Å². The van der Waals surface area contributed by atoms with Gasteiger partial charge in [-0.2, -0.15) is 0 Å². The van der Waals surface area contributed by atoms with Crippen LogP contribution in [0.15, 0.2) is 36.8 Å². The van der Waals surface area contributed by atoms with Gasteiger partial charge in [0.1, 0.15) is 0 Å². The molecular weight excluding hydrogens is 254 g/mol. The number of benzene rings is 1. The zero-order chi connectivity index (χ0) is 14.5. The fourth-order valence-electron chi connectivity index (χ4n) is 2.18. The number of aryl methyl sites for hydroxylation is 1. The molecule has 20 heavy (non-hydrogen) atoms. The van der Waals surface area contributed by atoms with E-state index in [1.165, 1.54) is 7.11 Å². The van der Waals surface area contributed by atoms with E-state index >= 15 is 0 Å². The molecule has 0 amide bonds. The van der Waals surface area contributed by atoms with Gasteiger partial charge in [-0.25, -0.2) is 9.78 Å². The van der Waals surface area contributed by atoms with Crippen LogP contribution >= 0.6 is 0 Å². The van der Waals surface area contributed by atoms with Gasteiger partial charge in [0.25, 0.3) is 0 Å². The Bertz CT molecular complexity index is 592. The Morgan fingerprint density at radius 3 is 2.85 bits per heavy atom. The number of esters is 1. The fraction of sp³-hybridized carbons (Fsp3) is 0.333. The quantitative estimate of drug-likeness (QED) is 0.784. The van der Waals surface area contributed by atoms with Gasteiger partial charge in [0.15, 0.2) is 0 Å². The number of rotatable bonds is 5. The third-order valence-corrected chi connectivity index (χ3v) is 3.26. The van der Waals surface area contributed by atoms with Gasteiger partial charge in [0.05, 0.1) is 36.9 Å². The number of carbonyl (C=O) groups is 1. The summed E-state index contributed by atoms with van der Waals surface area (Å²) in [5, 5.41) is 0. The molecule has 5 nitrogen and oxygen atoms in total. The molecule has 0 saturated carbocycles. The molecule has 0 aliphatic rings. The second-order valence-electron chi connectivity index (χ2n) is 4.54. The first-order valence-corrected chi connectivity index (χ1v) is 6.54. The largest absolute Gasteiger partial charge is 0.465 e. The lowest BCUT2D eigenvalue weighted by Crippen LogP contribution is -2.21. The molecule has 2 rings (SSSR count). The van der Waals surface area contributed by atoms with Gasteiger partial charge in [-0.05, 0) is 19.1 Å².